The molecule has 0 atom stereocenters. The minimum Gasteiger partial charge on any atom is -0.481 e. The van der Waals surface area contributed by atoms with E-state index in [4.69, 9.17) is 10.8 Å². The lowest BCUT2D eigenvalue weighted by atomic mass is 10.0. The topological polar surface area (TPSA) is 105 Å². The standard InChI is InChI=1S/C21H19N3O3/c22-11-14-4-3-6-15(8-14)17-9-18(13-23-12-17)21(27)24-19-7-2-1-5-16(19)10-20(25)26/h1-9,12-13H,10-11,22H2,(H,24,27)(H,25,26). The molecule has 3 rings (SSSR count). The molecule has 2 aromatic carbocycles. The highest BCUT2D eigenvalue weighted by atomic mass is 16.4. The van der Waals surface area contributed by atoms with E-state index < -0.39 is 5.97 Å². The molecule has 27 heavy (non-hydrogen) atoms. The van der Waals surface area contributed by atoms with Crippen molar-refractivity contribution in [3.63, 3.8) is 0 Å². The maximum absolute atomic E-state index is 12.6. The lowest BCUT2D eigenvalue weighted by molar-refractivity contribution is -0.136. The van der Waals surface area contributed by atoms with Crippen molar-refractivity contribution in [3.05, 3.63) is 83.7 Å². The Morgan fingerprint density at radius 1 is 1.00 bits per heavy atom. The summed E-state index contributed by atoms with van der Waals surface area (Å²) in [6.07, 6.45) is 3.00. The molecule has 1 amide bonds. The fourth-order valence-corrected chi connectivity index (χ4v) is 2.75. The van der Waals surface area contributed by atoms with Crippen LogP contribution in [0.15, 0.2) is 67.0 Å². The number of nitrogens with two attached hydrogens (primary N) is 1. The smallest absolute Gasteiger partial charge is 0.307 e. The van der Waals surface area contributed by atoms with Crippen molar-refractivity contribution in [2.75, 3.05) is 5.32 Å². The Morgan fingerprint density at radius 3 is 2.59 bits per heavy atom. The van der Waals surface area contributed by atoms with Crippen LogP contribution >= 0.6 is 0 Å². The lowest BCUT2D eigenvalue weighted by Gasteiger charge is -2.10. The molecule has 6 nitrogen and oxygen atoms in total. The number of carboxylic acid groups (broad SMARTS) is 1. The zero-order chi connectivity index (χ0) is 19.2. The SMILES string of the molecule is NCc1cccc(-c2cncc(C(=O)Nc3ccccc3CC(=O)O)c2)c1. The van der Waals surface area contributed by atoms with Crippen LogP contribution in [0.25, 0.3) is 11.1 Å². The highest BCUT2D eigenvalue weighted by Crippen LogP contribution is 2.22. The molecule has 4 N–H and O–H groups in total. The zero-order valence-corrected chi connectivity index (χ0v) is 14.6. The van der Waals surface area contributed by atoms with Crippen LogP contribution in [0, 0.1) is 0 Å². The first-order valence-electron chi connectivity index (χ1n) is 8.42. The summed E-state index contributed by atoms with van der Waals surface area (Å²) in [5.74, 6) is -1.31. The molecule has 6 heteroatoms. The fourth-order valence-electron chi connectivity index (χ4n) is 2.75. The maximum atomic E-state index is 12.6. The van der Waals surface area contributed by atoms with Crippen LogP contribution in [0.5, 0.6) is 0 Å². The predicted molar refractivity (Wildman–Crippen MR) is 103 cm³/mol. The van der Waals surface area contributed by atoms with Crippen molar-refractivity contribution in [2.45, 2.75) is 13.0 Å². The number of nitrogens with zero attached hydrogens (tertiary/aromatic N) is 1. The maximum Gasteiger partial charge on any atom is 0.307 e. The average Bonchev–Trinajstić information content (AvgIpc) is 2.69. The number of para-hydroxylation sites is 1. The Kier molecular flexibility index (Phi) is 5.58. The lowest BCUT2D eigenvalue weighted by Crippen LogP contribution is -2.14. The van der Waals surface area contributed by atoms with E-state index in [-0.39, 0.29) is 12.3 Å². The van der Waals surface area contributed by atoms with Gasteiger partial charge in [-0.05, 0) is 34.9 Å². The summed E-state index contributed by atoms with van der Waals surface area (Å²) >= 11 is 0. The van der Waals surface area contributed by atoms with Crippen LogP contribution in [0.2, 0.25) is 0 Å². The third-order valence-corrected chi connectivity index (χ3v) is 4.10. The molecule has 0 aliphatic rings. The predicted octanol–water partition coefficient (Wildman–Crippen LogP) is 3.09. The third kappa shape index (κ3) is 4.56. The van der Waals surface area contributed by atoms with Gasteiger partial charge < -0.3 is 16.2 Å². The second kappa shape index (κ2) is 8.25. The number of aliphatic carboxylic acids is 1. The molecule has 0 saturated heterocycles. The molecule has 0 saturated carbocycles. The molecule has 136 valence electrons. The van der Waals surface area contributed by atoms with Gasteiger partial charge in [0.05, 0.1) is 12.0 Å². The summed E-state index contributed by atoms with van der Waals surface area (Å²) in [7, 11) is 0. The van der Waals surface area contributed by atoms with Crippen LogP contribution in [-0.2, 0) is 17.8 Å². The number of anilines is 1. The van der Waals surface area contributed by atoms with Gasteiger partial charge in [0.15, 0.2) is 0 Å². The summed E-state index contributed by atoms with van der Waals surface area (Å²) in [6, 6.07) is 16.3. The summed E-state index contributed by atoms with van der Waals surface area (Å²) in [5, 5.41) is 11.8. The molecule has 0 aliphatic carbocycles. The largest absolute Gasteiger partial charge is 0.481 e. The normalized spacial score (nSPS) is 10.4. The molecule has 0 fully saturated rings. The number of hydrogen-bond donors (Lipinski definition) is 3. The molecule has 0 bridgehead atoms. The van der Waals surface area contributed by atoms with Crippen LogP contribution < -0.4 is 11.1 Å². The van der Waals surface area contributed by atoms with Crippen LogP contribution in [-0.4, -0.2) is 22.0 Å². The van der Waals surface area contributed by atoms with Crippen LogP contribution in [0.4, 0.5) is 5.69 Å². The molecule has 0 aliphatic heterocycles. The minimum absolute atomic E-state index is 0.166. The van der Waals surface area contributed by atoms with Gasteiger partial charge in [-0.25, -0.2) is 0 Å². The number of carboxylic acids is 1. The molecule has 1 heterocycles. The van der Waals surface area contributed by atoms with Crippen molar-refractivity contribution in [1.82, 2.24) is 4.98 Å². The molecule has 1 aromatic heterocycles. The van der Waals surface area contributed by atoms with E-state index in [0.717, 1.165) is 16.7 Å². The second-order valence-corrected chi connectivity index (χ2v) is 6.05. The summed E-state index contributed by atoms with van der Waals surface area (Å²) in [5.41, 5.74) is 9.80. The van der Waals surface area contributed by atoms with E-state index in [9.17, 15) is 9.59 Å². The quantitative estimate of drug-likeness (QED) is 0.626. The summed E-state index contributed by atoms with van der Waals surface area (Å²) < 4.78 is 0. The van der Waals surface area contributed by atoms with Gasteiger partial charge in [-0.1, -0.05) is 36.4 Å². The molecule has 0 radical (unpaired) electrons. The molecular weight excluding hydrogens is 342 g/mol. The Morgan fingerprint density at radius 2 is 1.81 bits per heavy atom. The summed E-state index contributed by atoms with van der Waals surface area (Å²) in [4.78, 5) is 27.8. The van der Waals surface area contributed by atoms with Gasteiger partial charge in [0.25, 0.3) is 5.91 Å². The van der Waals surface area contributed by atoms with E-state index in [0.29, 0.717) is 23.4 Å². The highest BCUT2D eigenvalue weighted by molar-refractivity contribution is 6.05. The molecule has 0 spiro atoms. The monoisotopic (exact) mass is 361 g/mol. The first-order valence-corrected chi connectivity index (χ1v) is 8.42. The van der Waals surface area contributed by atoms with Crippen molar-refractivity contribution in [1.29, 1.82) is 0 Å². The van der Waals surface area contributed by atoms with Crippen LogP contribution in [0.3, 0.4) is 0 Å². The van der Waals surface area contributed by atoms with Crippen molar-refractivity contribution in [2.24, 2.45) is 5.73 Å². The first-order chi connectivity index (χ1) is 13.1. The molecular formula is C21H19N3O3. The van der Waals surface area contributed by atoms with Gasteiger partial charge in [-0.15, -0.1) is 0 Å². The van der Waals surface area contributed by atoms with E-state index in [1.165, 1.54) is 6.20 Å². The van der Waals surface area contributed by atoms with Gasteiger partial charge in [0.2, 0.25) is 0 Å². The number of hydrogen-bond acceptors (Lipinski definition) is 4. The van der Waals surface area contributed by atoms with Crippen molar-refractivity contribution >= 4 is 17.6 Å². The van der Waals surface area contributed by atoms with Gasteiger partial charge >= 0.3 is 5.97 Å². The summed E-state index contributed by atoms with van der Waals surface area (Å²) in [6.45, 7) is 0.432. The minimum atomic E-state index is -0.958. The number of amides is 1. The van der Waals surface area contributed by atoms with E-state index in [1.807, 2.05) is 24.3 Å². The Bertz CT molecular complexity index is 986. The number of aromatic nitrogens is 1. The zero-order valence-electron chi connectivity index (χ0n) is 14.6. The molecule has 0 unspecified atom stereocenters. The van der Waals surface area contributed by atoms with Gasteiger partial charge in [-0.2, -0.15) is 0 Å². The van der Waals surface area contributed by atoms with E-state index >= 15 is 0 Å². The number of rotatable bonds is 6. The highest BCUT2D eigenvalue weighted by Gasteiger charge is 2.12. The van der Waals surface area contributed by atoms with Gasteiger partial charge in [0, 0.05) is 30.2 Å². The van der Waals surface area contributed by atoms with Crippen LogP contribution in [0.1, 0.15) is 21.5 Å². The second-order valence-electron chi connectivity index (χ2n) is 6.05. The number of benzene rings is 2. The number of carbonyl (C=O) groups is 2. The third-order valence-electron chi connectivity index (χ3n) is 4.10. The Balaban J connectivity index is 1.85. The van der Waals surface area contributed by atoms with Gasteiger partial charge in [0.1, 0.15) is 0 Å². The fraction of sp³-hybridized carbons (Fsp3) is 0.0952. The Labute approximate surface area is 156 Å². The number of pyridine rings is 1. The van der Waals surface area contributed by atoms with Crippen molar-refractivity contribution < 1.29 is 14.7 Å². The number of nitrogens with one attached hydrogen (secondary N) is 1. The van der Waals surface area contributed by atoms with E-state index in [1.54, 1.807) is 36.5 Å². The van der Waals surface area contributed by atoms with Gasteiger partial charge in [-0.3, -0.25) is 14.6 Å². The first kappa shape index (κ1) is 18.3. The number of carbonyl (C=O) groups excluding carboxylic acids is 1. The average molecular weight is 361 g/mol. The van der Waals surface area contributed by atoms with Crippen molar-refractivity contribution in [3.8, 4) is 11.1 Å². The molecule has 3 aromatic rings. The van der Waals surface area contributed by atoms with E-state index in [2.05, 4.69) is 10.3 Å². The Hall–Kier alpha value is -3.51.